The minimum absolute atomic E-state index is 0. The van der Waals surface area contributed by atoms with Crippen molar-refractivity contribution in [3.8, 4) is 22.8 Å². The summed E-state index contributed by atoms with van der Waals surface area (Å²) in [6.07, 6.45) is -1.50. The van der Waals surface area contributed by atoms with Crippen molar-refractivity contribution >= 4 is 0 Å². The Hall–Kier alpha value is -3.04. The third kappa shape index (κ3) is 6.49. The average molecular weight is 638 g/mol. The molecule has 4 rings (SSSR count). The smallest absolute Gasteiger partial charge is 0.413 e. The van der Waals surface area contributed by atoms with Gasteiger partial charge in [0.2, 0.25) is 0 Å². The number of rotatable bonds is 2. The van der Waals surface area contributed by atoms with Crippen LogP contribution in [0, 0.1) is 38.5 Å². The van der Waals surface area contributed by atoms with Crippen LogP contribution in [-0.4, -0.2) is 20.1 Å². The number of benzene rings is 1. The van der Waals surface area contributed by atoms with E-state index in [0.29, 0.717) is 5.69 Å². The molecule has 0 N–H and O–H groups in total. The zero-order chi connectivity index (χ0) is 23.5. The van der Waals surface area contributed by atoms with E-state index in [0.717, 1.165) is 17.2 Å². The van der Waals surface area contributed by atoms with E-state index in [-0.39, 0.29) is 42.8 Å². The van der Waals surface area contributed by atoms with Crippen LogP contribution < -0.4 is 5.10 Å². The van der Waals surface area contributed by atoms with Crippen LogP contribution >= 0.6 is 0 Å². The standard InChI is InChI=1S/C13H10F2N.C9H6F3N4.Ir/c1-8-5-6-16-12(7-8)10-3-4-11(14)9(2)13(10)15;1-5-2-3-13-6(4-5)7-14-8(16-15-7)9(10,11)12;/h4-7H,1-2H3;2-4H,1H3;/q2*-1;. The maximum Gasteiger partial charge on any atom is 0.429 e. The van der Waals surface area contributed by atoms with Gasteiger partial charge in [-0.2, -0.15) is 13.2 Å². The third-order valence-electron chi connectivity index (χ3n) is 4.27. The van der Waals surface area contributed by atoms with Gasteiger partial charge in [0.1, 0.15) is 5.82 Å². The number of nitrogens with zero attached hydrogens (tertiary/aromatic N) is 5. The van der Waals surface area contributed by atoms with E-state index >= 15 is 0 Å². The number of halogens is 5. The molecule has 0 aliphatic rings. The number of alkyl halides is 3. The number of aryl methyl sites for hydroxylation is 2. The number of pyridine rings is 2. The quantitative estimate of drug-likeness (QED) is 0.222. The number of aromatic nitrogens is 5. The summed E-state index contributed by atoms with van der Waals surface area (Å²) in [6.45, 7) is 5.09. The van der Waals surface area contributed by atoms with Crippen LogP contribution in [0.15, 0.2) is 42.7 Å². The second kappa shape index (κ2) is 10.7. The summed E-state index contributed by atoms with van der Waals surface area (Å²) < 4.78 is 63.5. The Kier molecular flexibility index (Phi) is 8.51. The molecule has 0 saturated heterocycles. The van der Waals surface area contributed by atoms with Gasteiger partial charge in [-0.15, -0.1) is 12.1 Å². The van der Waals surface area contributed by atoms with Crippen molar-refractivity contribution in [2.45, 2.75) is 26.9 Å². The summed E-state index contributed by atoms with van der Waals surface area (Å²) in [5.74, 6) is -2.55. The van der Waals surface area contributed by atoms with Crippen LogP contribution in [0.5, 0.6) is 0 Å². The maximum atomic E-state index is 13.8. The molecule has 0 fully saturated rings. The first-order valence-electron chi connectivity index (χ1n) is 9.23. The molecule has 1 radical (unpaired) electrons. The van der Waals surface area contributed by atoms with Crippen molar-refractivity contribution in [1.82, 2.24) is 25.1 Å². The Labute approximate surface area is 199 Å². The third-order valence-corrected chi connectivity index (χ3v) is 4.27. The summed E-state index contributed by atoms with van der Waals surface area (Å²) in [5, 5.41) is 6.32. The zero-order valence-corrected chi connectivity index (χ0v) is 19.9. The molecule has 175 valence electrons. The van der Waals surface area contributed by atoms with Gasteiger partial charge in [-0.05, 0) is 49.1 Å². The fourth-order valence-electron chi connectivity index (χ4n) is 2.59. The first kappa shape index (κ1) is 26.2. The van der Waals surface area contributed by atoms with Crippen molar-refractivity contribution in [2.24, 2.45) is 0 Å². The second-order valence-corrected chi connectivity index (χ2v) is 6.84. The molecule has 11 heteroatoms. The summed E-state index contributed by atoms with van der Waals surface area (Å²) in [5.41, 5.74) is 2.80. The molecule has 0 amide bonds. The normalized spacial score (nSPS) is 10.8. The molecule has 0 aliphatic heterocycles. The van der Waals surface area contributed by atoms with Crippen LogP contribution in [-0.2, 0) is 26.3 Å². The minimum atomic E-state index is -4.57. The predicted molar refractivity (Wildman–Crippen MR) is 106 cm³/mol. The molecule has 0 spiro atoms. The van der Waals surface area contributed by atoms with Gasteiger partial charge in [0, 0.05) is 44.1 Å². The molecule has 33 heavy (non-hydrogen) atoms. The van der Waals surface area contributed by atoms with E-state index < -0.39 is 23.6 Å². The number of hydrogen-bond acceptors (Lipinski definition) is 4. The fourth-order valence-corrected chi connectivity index (χ4v) is 2.59. The molecule has 0 saturated carbocycles. The van der Waals surface area contributed by atoms with E-state index in [9.17, 15) is 22.0 Å². The predicted octanol–water partition coefficient (Wildman–Crippen LogP) is 5.26. The average Bonchev–Trinajstić information content (AvgIpc) is 3.24. The molecule has 4 aromatic rings. The SMILES string of the molecule is Cc1ccnc(-c2[c-]cc(F)c(C)c2F)c1.Cc1ccnc(-c2nc(C(F)(F)F)n[n-]2)c1.[Ir]. The summed E-state index contributed by atoms with van der Waals surface area (Å²) in [7, 11) is 0. The Balaban J connectivity index is 0.000000227. The monoisotopic (exact) mass is 638 g/mol. The fraction of sp³-hybridized carbons (Fsp3) is 0.182. The van der Waals surface area contributed by atoms with Crippen LogP contribution in [0.3, 0.4) is 0 Å². The van der Waals surface area contributed by atoms with Crippen molar-refractivity contribution < 1.29 is 42.1 Å². The van der Waals surface area contributed by atoms with Gasteiger partial charge in [0.25, 0.3) is 0 Å². The summed E-state index contributed by atoms with van der Waals surface area (Å²) in [6, 6.07) is 10.6. The molecule has 0 unspecified atom stereocenters. The first-order valence-corrected chi connectivity index (χ1v) is 9.23. The van der Waals surface area contributed by atoms with E-state index in [1.807, 2.05) is 13.0 Å². The van der Waals surface area contributed by atoms with Gasteiger partial charge >= 0.3 is 6.18 Å². The van der Waals surface area contributed by atoms with Gasteiger partial charge in [0.05, 0.1) is 5.69 Å². The molecule has 0 aliphatic carbocycles. The van der Waals surface area contributed by atoms with Crippen molar-refractivity contribution in [2.75, 3.05) is 0 Å². The molecule has 1 aromatic carbocycles. The maximum absolute atomic E-state index is 13.8. The molecule has 5 nitrogen and oxygen atoms in total. The van der Waals surface area contributed by atoms with Gasteiger partial charge in [-0.25, -0.2) is 0 Å². The molecule has 0 bridgehead atoms. The van der Waals surface area contributed by atoms with Gasteiger partial charge in [-0.3, -0.25) is 18.9 Å². The Morgan fingerprint density at radius 3 is 2.03 bits per heavy atom. The molecule has 0 atom stereocenters. The van der Waals surface area contributed by atoms with Crippen LogP contribution in [0.1, 0.15) is 22.5 Å². The van der Waals surface area contributed by atoms with Gasteiger partial charge in [-0.1, -0.05) is 29.7 Å². The Morgan fingerprint density at radius 1 is 0.909 bits per heavy atom. The van der Waals surface area contributed by atoms with Crippen molar-refractivity contribution in [1.29, 1.82) is 0 Å². The molecule has 3 aromatic heterocycles. The minimum Gasteiger partial charge on any atom is -0.413 e. The molecule has 3 heterocycles. The van der Waals surface area contributed by atoms with Crippen molar-refractivity contribution in [3.05, 3.63) is 82.9 Å². The van der Waals surface area contributed by atoms with E-state index in [1.165, 1.54) is 13.1 Å². The van der Waals surface area contributed by atoms with Gasteiger partial charge < -0.3 is 15.1 Å². The largest absolute Gasteiger partial charge is 0.429 e. The number of hydrogen-bond donors (Lipinski definition) is 0. The molecular formula is C22H16F5IrN5-2. The van der Waals surface area contributed by atoms with Crippen molar-refractivity contribution in [3.63, 3.8) is 0 Å². The van der Waals surface area contributed by atoms with E-state index in [1.54, 1.807) is 31.3 Å². The van der Waals surface area contributed by atoms with E-state index in [4.69, 9.17) is 0 Å². The van der Waals surface area contributed by atoms with Crippen LogP contribution in [0.25, 0.3) is 22.8 Å². The first-order chi connectivity index (χ1) is 15.1. The van der Waals surface area contributed by atoms with Gasteiger partial charge in [0.15, 0.2) is 0 Å². The Bertz CT molecular complexity index is 1240. The van der Waals surface area contributed by atoms with Crippen LogP contribution in [0.2, 0.25) is 0 Å². The van der Waals surface area contributed by atoms with E-state index in [2.05, 4.69) is 31.2 Å². The summed E-state index contributed by atoms with van der Waals surface area (Å²) in [4.78, 5) is 11.2. The summed E-state index contributed by atoms with van der Waals surface area (Å²) >= 11 is 0. The Morgan fingerprint density at radius 2 is 1.48 bits per heavy atom. The topological polar surface area (TPSA) is 65.7 Å². The zero-order valence-electron chi connectivity index (χ0n) is 17.5. The van der Waals surface area contributed by atoms with Crippen LogP contribution in [0.4, 0.5) is 22.0 Å². The molecular weight excluding hydrogens is 621 g/mol. The second-order valence-electron chi connectivity index (χ2n) is 6.84.